The Morgan fingerprint density at radius 1 is 1.16 bits per heavy atom. The van der Waals surface area contributed by atoms with Gasteiger partial charge in [-0.25, -0.2) is 0 Å². The van der Waals surface area contributed by atoms with Gasteiger partial charge in [-0.15, -0.1) is 0 Å². The van der Waals surface area contributed by atoms with Gasteiger partial charge in [-0.3, -0.25) is 4.68 Å². The molecule has 2 aliphatic heterocycles. The van der Waals surface area contributed by atoms with Gasteiger partial charge < -0.3 is 20.3 Å². The Kier molecular flexibility index (Phi) is 3.87. The average Bonchev–Trinajstić information content (AvgIpc) is 3.00. The number of anilines is 2. The van der Waals surface area contributed by atoms with E-state index in [-0.39, 0.29) is 0 Å². The number of nitrogen functional groups attached to an aromatic ring is 1. The standard InChI is InChI=1S/C19H27N5O/c1-22-12-19(13-22)4-6-24(7-5-19)17-9-18(25-3)16(20)8-15(17)14-10-21-23(2)11-14/h8-11H,4-7,12-13,20H2,1-3H3. The summed E-state index contributed by atoms with van der Waals surface area (Å²) in [6.07, 6.45) is 6.43. The molecule has 0 atom stereocenters. The predicted molar refractivity (Wildman–Crippen MR) is 101 cm³/mol. The zero-order chi connectivity index (χ0) is 17.6. The van der Waals surface area contributed by atoms with Crippen molar-refractivity contribution in [2.75, 3.05) is 51.0 Å². The molecule has 1 aromatic heterocycles. The number of hydrogen-bond donors (Lipinski definition) is 1. The van der Waals surface area contributed by atoms with Gasteiger partial charge in [-0.2, -0.15) is 5.10 Å². The van der Waals surface area contributed by atoms with E-state index in [1.54, 1.807) is 7.11 Å². The lowest BCUT2D eigenvalue weighted by molar-refractivity contribution is 0.00133. The molecule has 1 spiro atoms. The van der Waals surface area contributed by atoms with Crippen molar-refractivity contribution in [3.8, 4) is 16.9 Å². The summed E-state index contributed by atoms with van der Waals surface area (Å²) in [7, 11) is 5.82. The highest BCUT2D eigenvalue weighted by Gasteiger charge is 2.43. The van der Waals surface area contributed by atoms with Crippen LogP contribution in [-0.4, -0.2) is 55.0 Å². The van der Waals surface area contributed by atoms with Crippen LogP contribution in [0.25, 0.3) is 11.1 Å². The molecular formula is C19H27N5O. The van der Waals surface area contributed by atoms with Gasteiger partial charge >= 0.3 is 0 Å². The number of aromatic nitrogens is 2. The number of aryl methyl sites for hydroxylation is 1. The number of likely N-dealkylation sites (tertiary alicyclic amines) is 1. The number of hydrogen-bond acceptors (Lipinski definition) is 5. The fourth-order valence-corrected chi connectivity index (χ4v) is 4.45. The summed E-state index contributed by atoms with van der Waals surface area (Å²) in [6.45, 7) is 4.63. The Balaban J connectivity index is 1.66. The number of benzene rings is 1. The van der Waals surface area contributed by atoms with E-state index in [4.69, 9.17) is 10.5 Å². The van der Waals surface area contributed by atoms with E-state index in [1.807, 2.05) is 30.2 Å². The minimum atomic E-state index is 0.539. The summed E-state index contributed by atoms with van der Waals surface area (Å²) in [5, 5.41) is 4.33. The Labute approximate surface area is 149 Å². The van der Waals surface area contributed by atoms with Crippen molar-refractivity contribution in [3.63, 3.8) is 0 Å². The highest BCUT2D eigenvalue weighted by molar-refractivity contribution is 5.83. The van der Waals surface area contributed by atoms with Crippen LogP contribution >= 0.6 is 0 Å². The Morgan fingerprint density at radius 3 is 2.44 bits per heavy atom. The molecule has 1 aromatic carbocycles. The molecule has 6 heteroatoms. The maximum Gasteiger partial charge on any atom is 0.143 e. The third-order valence-electron chi connectivity index (χ3n) is 5.74. The van der Waals surface area contributed by atoms with Crippen molar-refractivity contribution >= 4 is 11.4 Å². The van der Waals surface area contributed by atoms with E-state index >= 15 is 0 Å². The van der Waals surface area contributed by atoms with Crippen molar-refractivity contribution in [2.24, 2.45) is 12.5 Å². The summed E-state index contributed by atoms with van der Waals surface area (Å²) in [5.74, 6) is 0.742. The van der Waals surface area contributed by atoms with Crippen LogP contribution in [0, 0.1) is 5.41 Å². The van der Waals surface area contributed by atoms with Gasteiger partial charge in [-0.1, -0.05) is 0 Å². The summed E-state index contributed by atoms with van der Waals surface area (Å²) >= 11 is 0. The van der Waals surface area contributed by atoms with Gasteiger partial charge in [0.25, 0.3) is 0 Å². The van der Waals surface area contributed by atoms with Crippen molar-refractivity contribution in [2.45, 2.75) is 12.8 Å². The molecule has 0 unspecified atom stereocenters. The van der Waals surface area contributed by atoms with Crippen LogP contribution in [0.2, 0.25) is 0 Å². The van der Waals surface area contributed by atoms with Gasteiger partial charge in [0.15, 0.2) is 0 Å². The summed E-state index contributed by atoms with van der Waals surface area (Å²) in [4.78, 5) is 4.90. The fourth-order valence-electron chi connectivity index (χ4n) is 4.45. The van der Waals surface area contributed by atoms with Crippen LogP contribution in [-0.2, 0) is 7.05 Å². The SMILES string of the molecule is COc1cc(N2CCC3(CC2)CN(C)C3)c(-c2cnn(C)c2)cc1N. The number of piperidine rings is 1. The van der Waals surface area contributed by atoms with E-state index in [0.717, 1.165) is 30.0 Å². The molecular weight excluding hydrogens is 314 g/mol. The van der Waals surface area contributed by atoms with Gasteiger partial charge in [0.05, 0.1) is 19.0 Å². The number of nitrogens with zero attached hydrogens (tertiary/aromatic N) is 4. The molecule has 2 saturated heterocycles. The molecule has 0 radical (unpaired) electrons. The third kappa shape index (κ3) is 2.84. The topological polar surface area (TPSA) is 59.5 Å². The molecule has 2 N–H and O–H groups in total. The van der Waals surface area contributed by atoms with Crippen LogP contribution in [0.1, 0.15) is 12.8 Å². The second-order valence-corrected chi connectivity index (χ2v) is 7.67. The summed E-state index contributed by atoms with van der Waals surface area (Å²) in [6, 6.07) is 4.11. The van der Waals surface area contributed by atoms with E-state index < -0.39 is 0 Å². The second-order valence-electron chi connectivity index (χ2n) is 7.67. The maximum atomic E-state index is 6.19. The van der Waals surface area contributed by atoms with Gasteiger partial charge in [0, 0.05) is 62.3 Å². The van der Waals surface area contributed by atoms with Crippen molar-refractivity contribution in [1.82, 2.24) is 14.7 Å². The molecule has 2 aromatic rings. The third-order valence-corrected chi connectivity index (χ3v) is 5.74. The van der Waals surface area contributed by atoms with Gasteiger partial charge in [-0.05, 0) is 31.4 Å². The Morgan fingerprint density at radius 2 is 1.88 bits per heavy atom. The monoisotopic (exact) mass is 341 g/mol. The smallest absolute Gasteiger partial charge is 0.143 e. The van der Waals surface area contributed by atoms with Crippen LogP contribution in [0.15, 0.2) is 24.5 Å². The first-order valence-corrected chi connectivity index (χ1v) is 8.90. The highest BCUT2D eigenvalue weighted by atomic mass is 16.5. The number of ether oxygens (including phenoxy) is 1. The molecule has 134 valence electrons. The van der Waals surface area contributed by atoms with E-state index in [9.17, 15) is 0 Å². The van der Waals surface area contributed by atoms with Crippen LogP contribution in [0.5, 0.6) is 5.75 Å². The highest BCUT2D eigenvalue weighted by Crippen LogP contribution is 2.44. The van der Waals surface area contributed by atoms with Gasteiger partial charge in [0.1, 0.15) is 5.75 Å². The number of methoxy groups -OCH3 is 1. The molecule has 25 heavy (non-hydrogen) atoms. The summed E-state index contributed by atoms with van der Waals surface area (Å²) < 4.78 is 7.31. The zero-order valence-corrected chi connectivity index (χ0v) is 15.3. The average molecular weight is 341 g/mol. The molecule has 0 bridgehead atoms. The maximum absolute atomic E-state index is 6.19. The van der Waals surface area contributed by atoms with Crippen molar-refractivity contribution in [3.05, 3.63) is 24.5 Å². The van der Waals surface area contributed by atoms with Crippen LogP contribution in [0.4, 0.5) is 11.4 Å². The number of nitrogens with two attached hydrogens (primary N) is 1. The fraction of sp³-hybridized carbons (Fsp3) is 0.526. The van der Waals surface area contributed by atoms with Crippen LogP contribution in [0.3, 0.4) is 0 Å². The molecule has 0 aliphatic carbocycles. The molecule has 2 aliphatic rings. The van der Waals surface area contributed by atoms with E-state index in [2.05, 4.69) is 28.0 Å². The largest absolute Gasteiger partial charge is 0.495 e. The quantitative estimate of drug-likeness (QED) is 0.868. The molecule has 4 rings (SSSR count). The lowest BCUT2D eigenvalue weighted by Crippen LogP contribution is -2.58. The predicted octanol–water partition coefficient (Wildman–Crippen LogP) is 2.21. The zero-order valence-electron chi connectivity index (χ0n) is 15.3. The minimum Gasteiger partial charge on any atom is -0.495 e. The van der Waals surface area contributed by atoms with E-state index in [1.165, 1.54) is 31.6 Å². The Hall–Kier alpha value is -2.21. The summed E-state index contributed by atoms with van der Waals surface area (Å²) in [5.41, 5.74) is 10.8. The number of rotatable bonds is 3. The lowest BCUT2D eigenvalue weighted by Gasteiger charge is -2.53. The lowest BCUT2D eigenvalue weighted by atomic mass is 9.72. The van der Waals surface area contributed by atoms with Crippen molar-refractivity contribution < 1.29 is 4.74 Å². The first-order valence-electron chi connectivity index (χ1n) is 8.90. The molecule has 0 saturated carbocycles. The molecule has 3 heterocycles. The Bertz CT molecular complexity index is 768. The first-order chi connectivity index (χ1) is 12.0. The minimum absolute atomic E-state index is 0.539. The van der Waals surface area contributed by atoms with Crippen molar-refractivity contribution in [1.29, 1.82) is 0 Å². The van der Waals surface area contributed by atoms with Gasteiger partial charge in [0.2, 0.25) is 0 Å². The molecule has 0 amide bonds. The van der Waals surface area contributed by atoms with E-state index in [0.29, 0.717) is 11.1 Å². The normalized spacial score (nSPS) is 19.9. The molecule has 2 fully saturated rings. The molecule has 6 nitrogen and oxygen atoms in total. The van der Waals surface area contributed by atoms with Crippen LogP contribution < -0.4 is 15.4 Å². The first kappa shape index (κ1) is 16.3. The second kappa shape index (κ2) is 5.95.